The molecule has 1 heterocycles. The van der Waals surface area contributed by atoms with E-state index in [4.69, 9.17) is 9.84 Å². The van der Waals surface area contributed by atoms with E-state index in [0.29, 0.717) is 30.9 Å². The molecular formula is C17H23NO4. The van der Waals surface area contributed by atoms with Crippen molar-refractivity contribution in [1.29, 1.82) is 0 Å². The number of hydrogen-bond acceptors (Lipinski definition) is 4. The molecule has 5 heteroatoms. The van der Waals surface area contributed by atoms with Crippen LogP contribution in [-0.4, -0.2) is 47.5 Å². The molecule has 2 rings (SSSR count). The van der Waals surface area contributed by atoms with Crippen LogP contribution in [0.15, 0.2) is 24.3 Å². The van der Waals surface area contributed by atoms with Crippen LogP contribution in [0.5, 0.6) is 5.75 Å². The topological polar surface area (TPSA) is 66.8 Å². The van der Waals surface area contributed by atoms with Crippen molar-refractivity contribution in [1.82, 2.24) is 4.90 Å². The molecule has 0 saturated carbocycles. The van der Waals surface area contributed by atoms with Crippen LogP contribution in [0.25, 0.3) is 0 Å². The second kappa shape index (κ2) is 7.94. The van der Waals surface area contributed by atoms with Gasteiger partial charge in [-0.05, 0) is 38.4 Å². The Morgan fingerprint density at radius 1 is 1.36 bits per heavy atom. The third kappa shape index (κ3) is 4.31. The van der Waals surface area contributed by atoms with Gasteiger partial charge in [0.15, 0.2) is 5.78 Å². The number of nitrogens with zero attached hydrogens (tertiary/aromatic N) is 1. The molecule has 1 aromatic carbocycles. The van der Waals surface area contributed by atoms with E-state index in [1.807, 2.05) is 19.1 Å². The molecule has 0 radical (unpaired) electrons. The average molecular weight is 305 g/mol. The lowest BCUT2D eigenvalue weighted by atomic mass is 10.1. The minimum atomic E-state index is -0.773. The van der Waals surface area contributed by atoms with Gasteiger partial charge in [0.25, 0.3) is 0 Å². The summed E-state index contributed by atoms with van der Waals surface area (Å²) < 4.78 is 5.49. The van der Waals surface area contributed by atoms with Crippen LogP contribution in [0, 0.1) is 0 Å². The maximum atomic E-state index is 12.4. The highest BCUT2D eigenvalue weighted by Gasteiger charge is 2.27. The number of rotatable bonds is 8. The average Bonchev–Trinajstić information content (AvgIpc) is 2.92. The molecule has 1 N–H and O–H groups in total. The summed E-state index contributed by atoms with van der Waals surface area (Å²) in [6, 6.07) is 7.34. The molecular weight excluding hydrogens is 282 g/mol. The van der Waals surface area contributed by atoms with Crippen LogP contribution < -0.4 is 4.74 Å². The Morgan fingerprint density at radius 2 is 2.14 bits per heavy atom. The molecule has 22 heavy (non-hydrogen) atoms. The van der Waals surface area contributed by atoms with Gasteiger partial charge in [-0.15, -0.1) is 0 Å². The van der Waals surface area contributed by atoms with Crippen molar-refractivity contribution in [3.05, 3.63) is 29.8 Å². The van der Waals surface area contributed by atoms with E-state index in [0.717, 1.165) is 19.4 Å². The molecule has 5 nitrogen and oxygen atoms in total. The molecule has 0 spiro atoms. The van der Waals surface area contributed by atoms with Gasteiger partial charge in [-0.2, -0.15) is 0 Å². The summed E-state index contributed by atoms with van der Waals surface area (Å²) in [5, 5.41) is 8.93. The van der Waals surface area contributed by atoms with Gasteiger partial charge in [-0.25, -0.2) is 0 Å². The summed E-state index contributed by atoms with van der Waals surface area (Å²) in [6.45, 7) is 3.90. The van der Waals surface area contributed by atoms with Gasteiger partial charge >= 0.3 is 5.97 Å². The number of ketones is 1. The number of carbonyl (C=O) groups excluding carboxylic acids is 1. The smallest absolute Gasteiger partial charge is 0.304 e. The number of likely N-dealkylation sites (tertiary alicyclic amines) is 1. The largest absolute Gasteiger partial charge is 0.493 e. The standard InChI is InChI=1S/C17H23NO4/c1-2-22-16-8-4-3-7-14(16)15(19)9-11-18-10-5-6-13(18)12-17(20)21/h3-4,7-8,13H,2,5-6,9-12H2,1H3,(H,20,21). The minimum absolute atomic E-state index is 0.0463. The molecule has 1 atom stereocenters. The Bertz CT molecular complexity index is 529. The highest BCUT2D eigenvalue weighted by Crippen LogP contribution is 2.23. The molecule has 0 aliphatic carbocycles. The Balaban J connectivity index is 1.94. The molecule has 1 fully saturated rings. The van der Waals surface area contributed by atoms with Crippen molar-refractivity contribution in [3.8, 4) is 5.75 Å². The van der Waals surface area contributed by atoms with E-state index in [9.17, 15) is 9.59 Å². The highest BCUT2D eigenvalue weighted by molar-refractivity contribution is 5.98. The van der Waals surface area contributed by atoms with E-state index in [-0.39, 0.29) is 18.2 Å². The predicted molar refractivity (Wildman–Crippen MR) is 83.4 cm³/mol. The molecule has 1 unspecified atom stereocenters. The first-order valence-electron chi connectivity index (χ1n) is 7.82. The van der Waals surface area contributed by atoms with Gasteiger partial charge in [0.1, 0.15) is 5.75 Å². The fraction of sp³-hybridized carbons (Fsp3) is 0.529. The number of ether oxygens (including phenoxy) is 1. The number of aliphatic carboxylic acids is 1. The molecule has 0 amide bonds. The van der Waals surface area contributed by atoms with Crippen LogP contribution >= 0.6 is 0 Å². The minimum Gasteiger partial charge on any atom is -0.493 e. The molecule has 0 bridgehead atoms. The van der Waals surface area contributed by atoms with Crippen molar-refractivity contribution < 1.29 is 19.4 Å². The second-order valence-corrected chi connectivity index (χ2v) is 5.53. The first-order valence-corrected chi connectivity index (χ1v) is 7.82. The van der Waals surface area contributed by atoms with Crippen LogP contribution in [-0.2, 0) is 4.79 Å². The fourth-order valence-electron chi connectivity index (χ4n) is 2.98. The van der Waals surface area contributed by atoms with Crippen LogP contribution in [0.1, 0.15) is 43.0 Å². The number of Topliss-reactive ketones (excluding diaryl/α,β-unsaturated/α-hetero) is 1. The molecule has 120 valence electrons. The van der Waals surface area contributed by atoms with E-state index < -0.39 is 5.97 Å². The first kappa shape index (κ1) is 16.5. The Morgan fingerprint density at radius 3 is 2.86 bits per heavy atom. The molecule has 1 saturated heterocycles. The van der Waals surface area contributed by atoms with Gasteiger partial charge < -0.3 is 9.84 Å². The van der Waals surface area contributed by atoms with Crippen LogP contribution in [0.4, 0.5) is 0 Å². The molecule has 1 aliphatic heterocycles. The molecule has 1 aromatic rings. The van der Waals surface area contributed by atoms with Crippen molar-refractivity contribution in [2.75, 3.05) is 19.7 Å². The quantitative estimate of drug-likeness (QED) is 0.748. The monoisotopic (exact) mass is 305 g/mol. The Labute approximate surface area is 130 Å². The van der Waals surface area contributed by atoms with E-state index in [2.05, 4.69) is 4.90 Å². The number of carboxylic acid groups (broad SMARTS) is 1. The lowest BCUT2D eigenvalue weighted by molar-refractivity contribution is -0.138. The van der Waals surface area contributed by atoms with Crippen molar-refractivity contribution >= 4 is 11.8 Å². The molecule has 1 aliphatic rings. The van der Waals surface area contributed by atoms with Crippen molar-refractivity contribution in [2.45, 2.75) is 38.6 Å². The lowest BCUT2D eigenvalue weighted by Gasteiger charge is -2.22. The zero-order valence-corrected chi connectivity index (χ0v) is 13.0. The number of carbonyl (C=O) groups is 2. The third-order valence-electron chi connectivity index (χ3n) is 4.02. The van der Waals surface area contributed by atoms with E-state index >= 15 is 0 Å². The third-order valence-corrected chi connectivity index (χ3v) is 4.02. The van der Waals surface area contributed by atoms with Crippen molar-refractivity contribution in [2.24, 2.45) is 0 Å². The van der Waals surface area contributed by atoms with E-state index in [1.165, 1.54) is 0 Å². The summed E-state index contributed by atoms with van der Waals surface area (Å²) in [7, 11) is 0. The normalized spacial score (nSPS) is 18.3. The van der Waals surface area contributed by atoms with Gasteiger partial charge in [0.05, 0.1) is 18.6 Å². The summed E-state index contributed by atoms with van der Waals surface area (Å²) in [4.78, 5) is 25.4. The van der Waals surface area contributed by atoms with Gasteiger partial charge in [0.2, 0.25) is 0 Å². The SMILES string of the molecule is CCOc1ccccc1C(=O)CCN1CCCC1CC(=O)O. The van der Waals surface area contributed by atoms with Gasteiger partial charge in [-0.1, -0.05) is 12.1 Å². The zero-order chi connectivity index (χ0) is 15.9. The van der Waals surface area contributed by atoms with Gasteiger partial charge in [0, 0.05) is 19.0 Å². The zero-order valence-electron chi connectivity index (χ0n) is 13.0. The first-order chi connectivity index (χ1) is 10.6. The maximum Gasteiger partial charge on any atom is 0.304 e. The Hall–Kier alpha value is -1.88. The molecule has 0 aromatic heterocycles. The van der Waals surface area contributed by atoms with Gasteiger partial charge in [-0.3, -0.25) is 14.5 Å². The van der Waals surface area contributed by atoms with Crippen LogP contribution in [0.3, 0.4) is 0 Å². The highest BCUT2D eigenvalue weighted by atomic mass is 16.5. The fourth-order valence-corrected chi connectivity index (χ4v) is 2.98. The lowest BCUT2D eigenvalue weighted by Crippen LogP contribution is -2.33. The number of carboxylic acids is 1. The van der Waals surface area contributed by atoms with E-state index in [1.54, 1.807) is 12.1 Å². The summed E-state index contributed by atoms with van der Waals surface area (Å²) in [5.74, 6) is -0.103. The second-order valence-electron chi connectivity index (χ2n) is 5.53. The number of benzene rings is 1. The summed E-state index contributed by atoms with van der Waals surface area (Å²) >= 11 is 0. The number of para-hydroxylation sites is 1. The summed E-state index contributed by atoms with van der Waals surface area (Å²) in [6.07, 6.45) is 2.45. The Kier molecular flexibility index (Phi) is 5.95. The predicted octanol–water partition coefficient (Wildman–Crippen LogP) is 2.60. The number of hydrogen-bond donors (Lipinski definition) is 1. The van der Waals surface area contributed by atoms with Crippen molar-refractivity contribution in [3.63, 3.8) is 0 Å². The maximum absolute atomic E-state index is 12.4. The summed E-state index contributed by atoms with van der Waals surface area (Å²) in [5.41, 5.74) is 0.610. The van der Waals surface area contributed by atoms with Crippen LogP contribution in [0.2, 0.25) is 0 Å².